The Kier molecular flexibility index (Phi) is 5.47. The van der Waals surface area contributed by atoms with E-state index in [1.807, 2.05) is 20.8 Å². The van der Waals surface area contributed by atoms with Crippen molar-refractivity contribution < 1.29 is 14.1 Å². The maximum absolute atomic E-state index is 11.9. The Labute approximate surface area is 124 Å². The van der Waals surface area contributed by atoms with Crippen LogP contribution in [0, 0.1) is 11.3 Å². The normalized spacial score (nSPS) is 13.4. The van der Waals surface area contributed by atoms with Crippen molar-refractivity contribution in [1.29, 1.82) is 5.26 Å². The summed E-state index contributed by atoms with van der Waals surface area (Å²) in [5.74, 6) is 0.305. The summed E-state index contributed by atoms with van der Waals surface area (Å²) in [5.41, 5.74) is -0.350. The molecule has 0 aliphatic carbocycles. The molecule has 0 saturated carbocycles. The number of carbonyl (C=O) groups is 1. The second-order valence-electron chi connectivity index (χ2n) is 5.50. The molecule has 21 heavy (non-hydrogen) atoms. The van der Waals surface area contributed by atoms with E-state index in [4.69, 9.17) is 14.5 Å². The fourth-order valence-electron chi connectivity index (χ4n) is 1.35. The first-order valence-corrected chi connectivity index (χ1v) is 6.66. The molecule has 1 aromatic heterocycles. The summed E-state index contributed by atoms with van der Waals surface area (Å²) in [6, 6.07) is 1.28. The number of ether oxygens (including phenoxy) is 1. The van der Waals surface area contributed by atoms with Crippen molar-refractivity contribution in [2.24, 2.45) is 0 Å². The maximum Gasteiger partial charge on any atom is 0.265 e. The molecule has 1 aromatic rings. The van der Waals surface area contributed by atoms with Gasteiger partial charge >= 0.3 is 0 Å². The number of hydrogen-bond donors (Lipinski definition) is 1. The Bertz CT molecular complexity index is 564. The van der Waals surface area contributed by atoms with E-state index in [-0.39, 0.29) is 11.0 Å². The number of nitrogens with one attached hydrogen (secondary N) is 1. The van der Waals surface area contributed by atoms with E-state index in [1.165, 1.54) is 0 Å². The molecular weight excluding hydrogens is 272 g/mol. The van der Waals surface area contributed by atoms with Crippen LogP contribution in [0.25, 0.3) is 0 Å². The lowest BCUT2D eigenvalue weighted by atomic mass is 9.96. The van der Waals surface area contributed by atoms with Crippen LogP contribution in [-0.4, -0.2) is 22.7 Å². The SMILES string of the molecule is CCOC=C(C#N)C(=O)NC(C)c1nc(C(C)(C)C)no1. The van der Waals surface area contributed by atoms with E-state index in [0.29, 0.717) is 18.3 Å². The van der Waals surface area contributed by atoms with Crippen molar-refractivity contribution in [2.45, 2.75) is 46.1 Å². The van der Waals surface area contributed by atoms with Gasteiger partial charge in [0.1, 0.15) is 18.4 Å². The van der Waals surface area contributed by atoms with E-state index in [0.717, 1.165) is 6.26 Å². The molecule has 1 rings (SSSR count). The second-order valence-corrected chi connectivity index (χ2v) is 5.50. The highest BCUT2D eigenvalue weighted by Gasteiger charge is 2.24. The first-order valence-electron chi connectivity index (χ1n) is 6.66. The number of aromatic nitrogens is 2. The van der Waals surface area contributed by atoms with Gasteiger partial charge in [-0.1, -0.05) is 25.9 Å². The highest BCUT2D eigenvalue weighted by molar-refractivity contribution is 5.97. The Balaban J connectivity index is 2.77. The van der Waals surface area contributed by atoms with Gasteiger partial charge < -0.3 is 14.6 Å². The molecule has 0 bridgehead atoms. The molecule has 0 fully saturated rings. The zero-order chi connectivity index (χ0) is 16.0. The molecule has 0 aromatic carbocycles. The minimum atomic E-state index is -0.547. The Hall–Kier alpha value is -2.36. The van der Waals surface area contributed by atoms with Gasteiger partial charge in [-0.05, 0) is 13.8 Å². The van der Waals surface area contributed by atoms with Crippen molar-refractivity contribution in [3.63, 3.8) is 0 Å². The van der Waals surface area contributed by atoms with Crippen LogP contribution in [0.4, 0.5) is 0 Å². The summed E-state index contributed by atoms with van der Waals surface area (Å²) >= 11 is 0. The lowest BCUT2D eigenvalue weighted by Crippen LogP contribution is -2.28. The van der Waals surface area contributed by atoms with Gasteiger partial charge in [0, 0.05) is 5.41 Å². The molecule has 7 nitrogen and oxygen atoms in total. The van der Waals surface area contributed by atoms with Gasteiger partial charge in [-0.3, -0.25) is 4.79 Å². The van der Waals surface area contributed by atoms with Crippen LogP contribution in [0.1, 0.15) is 52.4 Å². The van der Waals surface area contributed by atoms with Gasteiger partial charge in [-0.25, -0.2) is 0 Å². The molecular formula is C14H20N4O3. The molecule has 0 aliphatic heterocycles. The zero-order valence-electron chi connectivity index (χ0n) is 12.9. The number of amides is 1. The van der Waals surface area contributed by atoms with Gasteiger partial charge in [-0.15, -0.1) is 0 Å². The Morgan fingerprint density at radius 3 is 2.71 bits per heavy atom. The summed E-state index contributed by atoms with van der Waals surface area (Å²) in [7, 11) is 0. The van der Waals surface area contributed by atoms with Crippen LogP contribution in [0.2, 0.25) is 0 Å². The Morgan fingerprint density at radius 1 is 1.57 bits per heavy atom. The maximum atomic E-state index is 11.9. The van der Waals surface area contributed by atoms with Crippen molar-refractivity contribution in [1.82, 2.24) is 15.5 Å². The molecule has 0 aliphatic rings. The predicted octanol–water partition coefficient (Wildman–Crippen LogP) is 1.99. The first-order chi connectivity index (χ1) is 9.79. The standard InChI is InChI=1S/C14H20N4O3/c1-6-20-8-10(7-15)11(19)16-9(2)12-17-13(18-21-12)14(3,4)5/h8-9H,6H2,1-5H3,(H,16,19). The van der Waals surface area contributed by atoms with Crippen molar-refractivity contribution in [2.75, 3.05) is 6.61 Å². The van der Waals surface area contributed by atoms with Crippen LogP contribution < -0.4 is 5.32 Å². The first kappa shape index (κ1) is 16.7. The molecule has 0 radical (unpaired) electrons. The fourth-order valence-corrected chi connectivity index (χ4v) is 1.35. The monoisotopic (exact) mass is 292 g/mol. The number of carbonyl (C=O) groups excluding carboxylic acids is 1. The van der Waals surface area contributed by atoms with Gasteiger partial charge in [0.2, 0.25) is 5.89 Å². The lowest BCUT2D eigenvalue weighted by Gasteiger charge is -2.11. The van der Waals surface area contributed by atoms with Crippen LogP contribution in [-0.2, 0) is 14.9 Å². The lowest BCUT2D eigenvalue weighted by molar-refractivity contribution is -0.118. The molecule has 7 heteroatoms. The van der Waals surface area contributed by atoms with E-state index >= 15 is 0 Å². The number of rotatable bonds is 5. The summed E-state index contributed by atoms with van der Waals surface area (Å²) in [5, 5.41) is 15.4. The van der Waals surface area contributed by atoms with Crippen LogP contribution in [0.5, 0.6) is 0 Å². The molecule has 1 N–H and O–H groups in total. The fraction of sp³-hybridized carbons (Fsp3) is 0.571. The van der Waals surface area contributed by atoms with Gasteiger partial charge in [-0.2, -0.15) is 10.2 Å². The predicted molar refractivity (Wildman–Crippen MR) is 74.9 cm³/mol. The van der Waals surface area contributed by atoms with E-state index in [1.54, 1.807) is 19.9 Å². The molecule has 1 unspecified atom stereocenters. The Morgan fingerprint density at radius 2 is 2.24 bits per heavy atom. The van der Waals surface area contributed by atoms with E-state index < -0.39 is 11.9 Å². The molecule has 0 saturated heterocycles. The van der Waals surface area contributed by atoms with E-state index in [2.05, 4.69) is 15.5 Å². The molecule has 1 amide bonds. The van der Waals surface area contributed by atoms with Crippen LogP contribution in [0.3, 0.4) is 0 Å². The largest absolute Gasteiger partial charge is 0.500 e. The molecule has 1 atom stereocenters. The van der Waals surface area contributed by atoms with Crippen molar-refractivity contribution >= 4 is 5.91 Å². The quantitative estimate of drug-likeness (QED) is 0.506. The summed E-state index contributed by atoms with van der Waals surface area (Å²) < 4.78 is 10.1. The summed E-state index contributed by atoms with van der Waals surface area (Å²) in [4.78, 5) is 16.2. The number of nitriles is 1. The van der Waals surface area contributed by atoms with E-state index in [9.17, 15) is 4.79 Å². The van der Waals surface area contributed by atoms with Crippen molar-refractivity contribution in [3.05, 3.63) is 23.6 Å². The third-order valence-electron chi connectivity index (χ3n) is 2.56. The number of nitrogens with zero attached hydrogens (tertiary/aromatic N) is 3. The molecule has 1 heterocycles. The number of hydrogen-bond acceptors (Lipinski definition) is 6. The third-order valence-corrected chi connectivity index (χ3v) is 2.56. The topological polar surface area (TPSA) is 101 Å². The minimum Gasteiger partial charge on any atom is -0.500 e. The average molecular weight is 292 g/mol. The highest BCUT2D eigenvalue weighted by atomic mass is 16.5. The second kappa shape index (κ2) is 6.88. The molecule has 0 spiro atoms. The minimum absolute atomic E-state index is 0.112. The summed E-state index contributed by atoms with van der Waals surface area (Å²) in [6.07, 6.45) is 1.14. The molecule has 114 valence electrons. The zero-order valence-corrected chi connectivity index (χ0v) is 12.9. The summed E-state index contributed by atoms with van der Waals surface area (Å²) in [6.45, 7) is 9.73. The van der Waals surface area contributed by atoms with Gasteiger partial charge in [0.15, 0.2) is 11.4 Å². The van der Waals surface area contributed by atoms with Crippen LogP contribution in [0.15, 0.2) is 16.4 Å². The smallest absolute Gasteiger partial charge is 0.265 e. The average Bonchev–Trinajstić information content (AvgIpc) is 2.89. The van der Waals surface area contributed by atoms with Gasteiger partial charge in [0.25, 0.3) is 5.91 Å². The van der Waals surface area contributed by atoms with Gasteiger partial charge in [0.05, 0.1) is 6.61 Å². The third kappa shape index (κ3) is 4.60. The van der Waals surface area contributed by atoms with Crippen molar-refractivity contribution in [3.8, 4) is 6.07 Å². The van der Waals surface area contributed by atoms with Crippen LogP contribution >= 0.6 is 0 Å². The highest BCUT2D eigenvalue weighted by Crippen LogP contribution is 2.20.